The smallest absolute Gasteiger partial charge is 0.122 e. The van der Waals surface area contributed by atoms with E-state index >= 15 is 0 Å². The maximum atomic E-state index is 5.54. The molecule has 2 heteroatoms. The van der Waals surface area contributed by atoms with Crippen LogP contribution in [0.2, 0.25) is 0 Å². The first-order chi connectivity index (χ1) is 9.72. The Morgan fingerprint density at radius 2 is 2.00 bits per heavy atom. The highest BCUT2D eigenvalue weighted by molar-refractivity contribution is 5.52. The van der Waals surface area contributed by atoms with Crippen molar-refractivity contribution in [1.29, 1.82) is 0 Å². The highest BCUT2D eigenvalue weighted by atomic mass is 16.5. The van der Waals surface area contributed by atoms with Crippen LogP contribution in [0.25, 0.3) is 0 Å². The van der Waals surface area contributed by atoms with Crippen molar-refractivity contribution < 1.29 is 4.74 Å². The molecule has 2 aromatic rings. The molecule has 0 unspecified atom stereocenters. The van der Waals surface area contributed by atoms with Gasteiger partial charge in [0.2, 0.25) is 0 Å². The third-order valence-electron chi connectivity index (χ3n) is 3.86. The fourth-order valence-electron chi connectivity index (χ4n) is 2.75. The zero-order valence-electron chi connectivity index (χ0n) is 12.2. The first kappa shape index (κ1) is 13.0. The summed E-state index contributed by atoms with van der Waals surface area (Å²) >= 11 is 0. The highest BCUT2D eigenvalue weighted by Gasteiger charge is 2.11. The standard InChI is InChI=1S/C18H21NO/c1-13-3-5-17(14(2)11-13)19-9-7-15-4-6-18-16(12-15)8-10-20-18/h3-6,11-12,19H,7-10H2,1-2H3. The molecule has 0 atom stereocenters. The number of nitrogens with one attached hydrogen (secondary N) is 1. The largest absolute Gasteiger partial charge is 0.493 e. The predicted octanol–water partition coefficient (Wildman–Crippen LogP) is 3.89. The van der Waals surface area contributed by atoms with E-state index in [-0.39, 0.29) is 0 Å². The number of hydrogen-bond donors (Lipinski definition) is 1. The second kappa shape index (κ2) is 5.58. The Morgan fingerprint density at radius 3 is 2.85 bits per heavy atom. The lowest BCUT2D eigenvalue weighted by atomic mass is 10.1. The zero-order chi connectivity index (χ0) is 13.9. The summed E-state index contributed by atoms with van der Waals surface area (Å²) in [7, 11) is 0. The molecule has 1 aliphatic rings. The van der Waals surface area contributed by atoms with Crippen molar-refractivity contribution in [2.75, 3.05) is 18.5 Å². The fraction of sp³-hybridized carbons (Fsp3) is 0.333. The summed E-state index contributed by atoms with van der Waals surface area (Å²) in [5, 5.41) is 3.53. The Hall–Kier alpha value is -1.96. The third kappa shape index (κ3) is 2.79. The second-order valence-electron chi connectivity index (χ2n) is 5.54. The Balaban J connectivity index is 1.60. The molecule has 2 nitrogen and oxygen atoms in total. The van der Waals surface area contributed by atoms with Crippen LogP contribution in [-0.4, -0.2) is 13.2 Å². The topological polar surface area (TPSA) is 21.3 Å². The van der Waals surface area contributed by atoms with E-state index in [4.69, 9.17) is 4.74 Å². The number of benzene rings is 2. The van der Waals surface area contributed by atoms with Crippen LogP contribution < -0.4 is 10.1 Å². The molecular weight excluding hydrogens is 246 g/mol. The summed E-state index contributed by atoms with van der Waals surface area (Å²) < 4.78 is 5.54. The van der Waals surface area contributed by atoms with Gasteiger partial charge in [0.1, 0.15) is 5.75 Å². The molecule has 3 rings (SSSR count). The monoisotopic (exact) mass is 267 g/mol. The number of aryl methyl sites for hydroxylation is 2. The van der Waals surface area contributed by atoms with Gasteiger partial charge in [-0.15, -0.1) is 0 Å². The molecule has 0 aliphatic carbocycles. The quantitative estimate of drug-likeness (QED) is 0.907. The van der Waals surface area contributed by atoms with Gasteiger partial charge in [0.15, 0.2) is 0 Å². The highest BCUT2D eigenvalue weighted by Crippen LogP contribution is 2.26. The van der Waals surface area contributed by atoms with Crippen LogP contribution in [0.4, 0.5) is 5.69 Å². The summed E-state index contributed by atoms with van der Waals surface area (Å²) in [6.07, 6.45) is 2.09. The molecule has 0 radical (unpaired) electrons. The molecule has 1 N–H and O–H groups in total. The van der Waals surface area contributed by atoms with E-state index in [0.717, 1.165) is 31.7 Å². The fourth-order valence-corrected chi connectivity index (χ4v) is 2.75. The van der Waals surface area contributed by atoms with Gasteiger partial charge in [-0.1, -0.05) is 29.8 Å². The summed E-state index contributed by atoms with van der Waals surface area (Å²) in [6.45, 7) is 6.08. The second-order valence-corrected chi connectivity index (χ2v) is 5.54. The molecule has 0 amide bonds. The lowest BCUT2D eigenvalue weighted by Crippen LogP contribution is -2.06. The van der Waals surface area contributed by atoms with Gasteiger partial charge in [-0.05, 0) is 49.1 Å². The van der Waals surface area contributed by atoms with E-state index < -0.39 is 0 Å². The minimum Gasteiger partial charge on any atom is -0.493 e. The summed E-state index contributed by atoms with van der Waals surface area (Å²) in [5.74, 6) is 1.07. The van der Waals surface area contributed by atoms with Gasteiger partial charge < -0.3 is 10.1 Å². The normalized spacial score (nSPS) is 12.9. The number of fused-ring (bicyclic) bond motifs is 1. The molecule has 0 aromatic heterocycles. The van der Waals surface area contributed by atoms with Crippen molar-refractivity contribution >= 4 is 5.69 Å². The number of ether oxygens (including phenoxy) is 1. The van der Waals surface area contributed by atoms with Gasteiger partial charge in [0, 0.05) is 18.7 Å². The van der Waals surface area contributed by atoms with E-state index in [1.54, 1.807) is 0 Å². The van der Waals surface area contributed by atoms with Crippen LogP contribution in [0.5, 0.6) is 5.75 Å². The zero-order valence-corrected chi connectivity index (χ0v) is 12.2. The maximum absolute atomic E-state index is 5.54. The van der Waals surface area contributed by atoms with Crippen molar-refractivity contribution in [1.82, 2.24) is 0 Å². The third-order valence-corrected chi connectivity index (χ3v) is 3.86. The van der Waals surface area contributed by atoms with E-state index in [0.29, 0.717) is 0 Å². The molecule has 0 spiro atoms. The first-order valence-electron chi connectivity index (χ1n) is 7.28. The van der Waals surface area contributed by atoms with Crippen LogP contribution in [0.1, 0.15) is 22.3 Å². The number of rotatable bonds is 4. The van der Waals surface area contributed by atoms with E-state index in [1.807, 2.05) is 0 Å². The van der Waals surface area contributed by atoms with Gasteiger partial charge in [-0.25, -0.2) is 0 Å². The van der Waals surface area contributed by atoms with E-state index in [2.05, 4.69) is 55.6 Å². The molecule has 0 saturated heterocycles. The Kier molecular flexibility index (Phi) is 3.64. The molecule has 0 fully saturated rings. The summed E-state index contributed by atoms with van der Waals surface area (Å²) in [4.78, 5) is 0. The van der Waals surface area contributed by atoms with Crippen molar-refractivity contribution in [2.45, 2.75) is 26.7 Å². The van der Waals surface area contributed by atoms with Crippen LogP contribution in [0, 0.1) is 13.8 Å². The van der Waals surface area contributed by atoms with Gasteiger partial charge in [-0.2, -0.15) is 0 Å². The molecular formula is C18H21NO. The minimum absolute atomic E-state index is 0.833. The van der Waals surface area contributed by atoms with E-state index in [1.165, 1.54) is 27.9 Å². The van der Waals surface area contributed by atoms with Crippen LogP contribution in [0.3, 0.4) is 0 Å². The molecule has 0 bridgehead atoms. The molecule has 20 heavy (non-hydrogen) atoms. The average Bonchev–Trinajstić information content (AvgIpc) is 2.89. The Morgan fingerprint density at radius 1 is 1.10 bits per heavy atom. The molecule has 0 saturated carbocycles. The molecule has 1 heterocycles. The van der Waals surface area contributed by atoms with Gasteiger partial charge >= 0.3 is 0 Å². The Labute approximate surface area is 120 Å². The van der Waals surface area contributed by atoms with Gasteiger partial charge in [0.25, 0.3) is 0 Å². The van der Waals surface area contributed by atoms with Crippen LogP contribution in [0.15, 0.2) is 36.4 Å². The summed E-state index contributed by atoms with van der Waals surface area (Å²) in [6, 6.07) is 13.1. The molecule has 1 aliphatic heterocycles. The number of hydrogen-bond acceptors (Lipinski definition) is 2. The molecule has 2 aromatic carbocycles. The predicted molar refractivity (Wildman–Crippen MR) is 83.8 cm³/mol. The summed E-state index contributed by atoms with van der Waals surface area (Å²) in [5.41, 5.74) is 6.60. The molecule has 104 valence electrons. The lowest BCUT2D eigenvalue weighted by Gasteiger charge is -2.10. The SMILES string of the molecule is Cc1ccc(NCCc2ccc3c(c2)CCO3)c(C)c1. The first-order valence-corrected chi connectivity index (χ1v) is 7.28. The lowest BCUT2D eigenvalue weighted by molar-refractivity contribution is 0.357. The van der Waals surface area contributed by atoms with Crippen molar-refractivity contribution in [2.24, 2.45) is 0 Å². The van der Waals surface area contributed by atoms with Crippen LogP contribution in [-0.2, 0) is 12.8 Å². The van der Waals surface area contributed by atoms with Crippen molar-refractivity contribution in [3.63, 3.8) is 0 Å². The van der Waals surface area contributed by atoms with Gasteiger partial charge in [0.05, 0.1) is 6.61 Å². The van der Waals surface area contributed by atoms with Crippen molar-refractivity contribution in [3.05, 3.63) is 58.7 Å². The van der Waals surface area contributed by atoms with Crippen LogP contribution >= 0.6 is 0 Å². The van der Waals surface area contributed by atoms with Crippen molar-refractivity contribution in [3.8, 4) is 5.75 Å². The minimum atomic E-state index is 0.833. The average molecular weight is 267 g/mol. The van der Waals surface area contributed by atoms with Gasteiger partial charge in [-0.3, -0.25) is 0 Å². The Bertz CT molecular complexity index is 619. The maximum Gasteiger partial charge on any atom is 0.122 e. The van der Waals surface area contributed by atoms with E-state index in [9.17, 15) is 0 Å². The number of anilines is 1.